The summed E-state index contributed by atoms with van der Waals surface area (Å²) >= 11 is 3.32. The second-order valence-corrected chi connectivity index (χ2v) is 5.19. The molecule has 0 saturated carbocycles. The molecule has 2 aromatic carbocycles. The van der Waals surface area contributed by atoms with Gasteiger partial charge in [-0.25, -0.2) is 13.2 Å². The molecule has 0 heterocycles. The number of rotatable bonds is 4. The molecule has 0 aliphatic heterocycles. The molecule has 0 aliphatic rings. The molecular formula is C14H12BrF3N2. The summed E-state index contributed by atoms with van der Waals surface area (Å²) in [7, 11) is 0. The predicted molar refractivity (Wildman–Crippen MR) is 74.2 cm³/mol. The van der Waals surface area contributed by atoms with Gasteiger partial charge in [0.15, 0.2) is 11.6 Å². The van der Waals surface area contributed by atoms with E-state index in [-0.39, 0.29) is 5.82 Å². The summed E-state index contributed by atoms with van der Waals surface area (Å²) in [6.07, 6.45) is 0.333. The highest BCUT2D eigenvalue weighted by molar-refractivity contribution is 9.10. The van der Waals surface area contributed by atoms with Crippen molar-refractivity contribution in [3.05, 3.63) is 69.4 Å². The Bertz CT molecular complexity index is 619. The molecule has 6 heteroatoms. The van der Waals surface area contributed by atoms with Crippen LogP contribution in [0.3, 0.4) is 0 Å². The van der Waals surface area contributed by atoms with Gasteiger partial charge in [-0.15, -0.1) is 0 Å². The molecule has 0 bridgehead atoms. The predicted octanol–water partition coefficient (Wildman–Crippen LogP) is 3.61. The van der Waals surface area contributed by atoms with Crippen LogP contribution in [0.4, 0.5) is 13.2 Å². The Kier molecular flexibility index (Phi) is 4.80. The molecule has 0 aromatic heterocycles. The first kappa shape index (κ1) is 15.0. The number of nitrogens with two attached hydrogens (primary N) is 1. The number of hydrogen-bond donors (Lipinski definition) is 2. The van der Waals surface area contributed by atoms with E-state index in [0.29, 0.717) is 17.5 Å². The smallest absolute Gasteiger partial charge is 0.159 e. The van der Waals surface area contributed by atoms with Gasteiger partial charge in [0.05, 0.1) is 6.04 Å². The molecule has 0 radical (unpaired) electrons. The topological polar surface area (TPSA) is 38.0 Å². The van der Waals surface area contributed by atoms with Gasteiger partial charge in [0.25, 0.3) is 0 Å². The fraction of sp³-hybridized carbons (Fsp3) is 0.143. The first-order chi connectivity index (χ1) is 9.51. The Labute approximate surface area is 122 Å². The standard InChI is InChI=1S/C14H12BrF3N2/c15-11-3-2-10(16)5-9(11)7-14(20-19)8-1-4-12(17)13(18)6-8/h1-6,14,20H,7,19H2. The van der Waals surface area contributed by atoms with Crippen LogP contribution in [-0.4, -0.2) is 0 Å². The molecule has 20 heavy (non-hydrogen) atoms. The SMILES string of the molecule is NNC(Cc1cc(F)ccc1Br)c1ccc(F)c(F)c1. The molecule has 106 valence electrons. The van der Waals surface area contributed by atoms with Gasteiger partial charge >= 0.3 is 0 Å². The maximum absolute atomic E-state index is 13.2. The summed E-state index contributed by atoms with van der Waals surface area (Å²) in [5, 5.41) is 0. The van der Waals surface area contributed by atoms with E-state index in [9.17, 15) is 13.2 Å². The number of halogens is 4. The number of benzene rings is 2. The van der Waals surface area contributed by atoms with E-state index in [2.05, 4.69) is 21.4 Å². The molecule has 0 amide bonds. The Morgan fingerprint density at radius 3 is 2.45 bits per heavy atom. The van der Waals surface area contributed by atoms with E-state index in [0.717, 1.165) is 16.6 Å². The van der Waals surface area contributed by atoms with Crippen LogP contribution in [0.25, 0.3) is 0 Å². The monoisotopic (exact) mass is 344 g/mol. The molecule has 0 fully saturated rings. The largest absolute Gasteiger partial charge is 0.271 e. The van der Waals surface area contributed by atoms with Crippen molar-refractivity contribution >= 4 is 15.9 Å². The summed E-state index contributed by atoms with van der Waals surface area (Å²) in [6, 6.07) is 7.38. The highest BCUT2D eigenvalue weighted by Gasteiger charge is 2.15. The van der Waals surface area contributed by atoms with Gasteiger partial charge in [-0.1, -0.05) is 22.0 Å². The average Bonchev–Trinajstić information content (AvgIpc) is 2.43. The molecule has 2 nitrogen and oxygen atoms in total. The Morgan fingerprint density at radius 1 is 1.05 bits per heavy atom. The van der Waals surface area contributed by atoms with Crippen LogP contribution in [-0.2, 0) is 6.42 Å². The minimum Gasteiger partial charge on any atom is -0.271 e. The van der Waals surface area contributed by atoms with Crippen molar-refractivity contribution in [3.63, 3.8) is 0 Å². The van der Waals surface area contributed by atoms with Gasteiger partial charge in [-0.05, 0) is 47.9 Å². The van der Waals surface area contributed by atoms with Crippen LogP contribution in [0.1, 0.15) is 17.2 Å². The summed E-state index contributed by atoms with van der Waals surface area (Å²) in [5.41, 5.74) is 3.69. The Hall–Kier alpha value is -1.37. The second-order valence-electron chi connectivity index (χ2n) is 4.33. The Morgan fingerprint density at radius 2 is 1.80 bits per heavy atom. The van der Waals surface area contributed by atoms with Crippen molar-refractivity contribution in [1.29, 1.82) is 0 Å². The lowest BCUT2D eigenvalue weighted by atomic mass is 9.99. The van der Waals surface area contributed by atoms with Crippen molar-refractivity contribution in [2.45, 2.75) is 12.5 Å². The van der Waals surface area contributed by atoms with Gasteiger partial charge < -0.3 is 0 Å². The lowest BCUT2D eigenvalue weighted by Gasteiger charge is -2.17. The number of hydrogen-bond acceptors (Lipinski definition) is 2. The molecule has 2 aromatic rings. The third-order valence-corrected chi connectivity index (χ3v) is 3.75. The van der Waals surface area contributed by atoms with Gasteiger partial charge in [-0.3, -0.25) is 11.3 Å². The zero-order chi connectivity index (χ0) is 14.7. The summed E-state index contributed by atoms with van der Waals surface area (Å²) < 4.78 is 40.1. The zero-order valence-electron chi connectivity index (χ0n) is 10.3. The van der Waals surface area contributed by atoms with E-state index in [1.54, 1.807) is 6.07 Å². The van der Waals surface area contributed by atoms with Crippen molar-refractivity contribution in [2.24, 2.45) is 5.84 Å². The van der Waals surface area contributed by atoms with Crippen LogP contribution in [0, 0.1) is 17.5 Å². The minimum absolute atomic E-state index is 0.333. The molecule has 0 spiro atoms. The van der Waals surface area contributed by atoms with Crippen LogP contribution in [0.5, 0.6) is 0 Å². The molecule has 1 atom stereocenters. The maximum atomic E-state index is 13.2. The number of hydrazine groups is 1. The fourth-order valence-corrected chi connectivity index (χ4v) is 2.33. The van der Waals surface area contributed by atoms with Crippen molar-refractivity contribution in [2.75, 3.05) is 0 Å². The first-order valence-corrected chi connectivity index (χ1v) is 6.65. The summed E-state index contributed by atoms with van der Waals surface area (Å²) in [4.78, 5) is 0. The molecular weight excluding hydrogens is 333 g/mol. The zero-order valence-corrected chi connectivity index (χ0v) is 11.9. The van der Waals surface area contributed by atoms with Crippen molar-refractivity contribution in [1.82, 2.24) is 5.43 Å². The molecule has 0 aliphatic carbocycles. The summed E-state index contributed by atoms with van der Waals surface area (Å²) in [5.74, 6) is 3.22. The van der Waals surface area contributed by atoms with Crippen LogP contribution in [0.15, 0.2) is 40.9 Å². The molecule has 3 N–H and O–H groups in total. The van der Waals surface area contributed by atoms with E-state index in [4.69, 9.17) is 5.84 Å². The van der Waals surface area contributed by atoms with E-state index < -0.39 is 17.7 Å². The lowest BCUT2D eigenvalue weighted by molar-refractivity contribution is 0.496. The summed E-state index contributed by atoms with van der Waals surface area (Å²) in [6.45, 7) is 0. The van der Waals surface area contributed by atoms with Gasteiger partial charge in [-0.2, -0.15) is 0 Å². The quantitative estimate of drug-likeness (QED) is 0.656. The normalized spacial score (nSPS) is 12.4. The minimum atomic E-state index is -0.943. The van der Waals surface area contributed by atoms with Crippen molar-refractivity contribution in [3.8, 4) is 0 Å². The third-order valence-electron chi connectivity index (χ3n) is 2.98. The molecule has 2 rings (SSSR count). The van der Waals surface area contributed by atoms with Gasteiger partial charge in [0.2, 0.25) is 0 Å². The van der Waals surface area contributed by atoms with Crippen molar-refractivity contribution < 1.29 is 13.2 Å². The first-order valence-electron chi connectivity index (χ1n) is 5.86. The molecule has 0 saturated heterocycles. The average molecular weight is 345 g/mol. The van der Waals surface area contributed by atoms with E-state index >= 15 is 0 Å². The maximum Gasteiger partial charge on any atom is 0.159 e. The van der Waals surface area contributed by atoms with Gasteiger partial charge in [0, 0.05) is 4.47 Å². The van der Waals surface area contributed by atoms with Gasteiger partial charge in [0.1, 0.15) is 5.82 Å². The lowest BCUT2D eigenvalue weighted by Crippen LogP contribution is -2.29. The Balaban J connectivity index is 2.28. The van der Waals surface area contributed by atoms with E-state index in [1.165, 1.54) is 18.2 Å². The van der Waals surface area contributed by atoms with Crippen LogP contribution in [0.2, 0.25) is 0 Å². The third kappa shape index (κ3) is 3.39. The highest BCUT2D eigenvalue weighted by Crippen LogP contribution is 2.25. The number of nitrogens with one attached hydrogen (secondary N) is 1. The van der Waals surface area contributed by atoms with Crippen LogP contribution < -0.4 is 11.3 Å². The van der Waals surface area contributed by atoms with E-state index in [1.807, 2.05) is 0 Å². The second kappa shape index (κ2) is 6.39. The fourth-order valence-electron chi connectivity index (χ4n) is 1.92. The van der Waals surface area contributed by atoms with Crippen LogP contribution >= 0.6 is 15.9 Å². The highest BCUT2D eigenvalue weighted by atomic mass is 79.9. The molecule has 1 unspecified atom stereocenters.